The second-order valence-electron chi connectivity index (χ2n) is 4.86. The summed E-state index contributed by atoms with van der Waals surface area (Å²) in [6, 6.07) is 4.84. The fraction of sp³-hybridized carbons (Fsp3) is 0.571. The van der Waals surface area contributed by atoms with Gasteiger partial charge in [0, 0.05) is 18.3 Å². The molecule has 0 spiro atoms. The van der Waals surface area contributed by atoms with Crippen molar-refractivity contribution in [2.45, 2.75) is 20.5 Å². The van der Waals surface area contributed by atoms with Gasteiger partial charge in [0.05, 0.1) is 7.11 Å². The number of nitrogens with two attached hydrogens (primary N) is 1. The molecule has 0 fully saturated rings. The molecular weight excluding hydrogens is 266 g/mol. The van der Waals surface area contributed by atoms with E-state index in [0.717, 1.165) is 0 Å². The summed E-state index contributed by atoms with van der Waals surface area (Å²) in [5, 5.41) is 3.18. The van der Waals surface area contributed by atoms with Crippen LogP contribution in [-0.4, -0.2) is 26.8 Å². The molecule has 0 aliphatic heterocycles. The van der Waals surface area contributed by atoms with Crippen LogP contribution in [0.5, 0.6) is 11.5 Å². The fourth-order valence-electron chi connectivity index (χ4n) is 1.81. The zero-order valence-electron chi connectivity index (χ0n) is 12.0. The van der Waals surface area contributed by atoms with Gasteiger partial charge in [0.15, 0.2) is 11.5 Å². The summed E-state index contributed by atoms with van der Waals surface area (Å²) in [4.78, 5) is 0. The van der Waals surface area contributed by atoms with Gasteiger partial charge in [-0.3, -0.25) is 0 Å². The highest BCUT2D eigenvalue weighted by Gasteiger charge is 2.13. The van der Waals surface area contributed by atoms with E-state index in [0.29, 0.717) is 30.6 Å². The van der Waals surface area contributed by atoms with Gasteiger partial charge in [0.25, 0.3) is 0 Å². The summed E-state index contributed by atoms with van der Waals surface area (Å²) < 4.78 is 34.1. The fourth-order valence-corrected chi connectivity index (χ4v) is 1.81. The van der Waals surface area contributed by atoms with Crippen LogP contribution >= 0.6 is 0 Å². The summed E-state index contributed by atoms with van der Waals surface area (Å²) in [7, 11) is 1.41. The molecule has 0 bridgehead atoms. The standard InChI is InChI=1S/C14H22F2N2O2/c1-9(2)10(7-17)8-18-11-4-5-12(19-3)13(6-11)20-14(15)16/h4-6,9-10,14,18H,7-8,17H2,1-3H3. The Morgan fingerprint density at radius 3 is 2.45 bits per heavy atom. The minimum Gasteiger partial charge on any atom is -0.493 e. The van der Waals surface area contributed by atoms with Gasteiger partial charge < -0.3 is 20.5 Å². The van der Waals surface area contributed by atoms with Crippen LogP contribution in [0.3, 0.4) is 0 Å². The van der Waals surface area contributed by atoms with E-state index in [4.69, 9.17) is 10.5 Å². The number of hydrogen-bond acceptors (Lipinski definition) is 4. The van der Waals surface area contributed by atoms with E-state index in [2.05, 4.69) is 23.9 Å². The summed E-state index contributed by atoms with van der Waals surface area (Å²) in [5.74, 6) is 1.05. The van der Waals surface area contributed by atoms with E-state index < -0.39 is 6.61 Å². The van der Waals surface area contributed by atoms with Gasteiger partial charge in [-0.2, -0.15) is 8.78 Å². The number of ether oxygens (including phenoxy) is 2. The van der Waals surface area contributed by atoms with Crippen molar-refractivity contribution in [2.24, 2.45) is 17.6 Å². The lowest BCUT2D eigenvalue weighted by molar-refractivity contribution is -0.0511. The van der Waals surface area contributed by atoms with Gasteiger partial charge in [-0.05, 0) is 30.5 Å². The minimum atomic E-state index is -2.88. The highest BCUT2D eigenvalue weighted by atomic mass is 19.3. The average Bonchev–Trinajstić information content (AvgIpc) is 2.38. The van der Waals surface area contributed by atoms with Crippen molar-refractivity contribution in [3.05, 3.63) is 18.2 Å². The van der Waals surface area contributed by atoms with Gasteiger partial charge in [0.1, 0.15) is 0 Å². The van der Waals surface area contributed by atoms with Gasteiger partial charge in [0.2, 0.25) is 0 Å². The van der Waals surface area contributed by atoms with Crippen LogP contribution in [0.4, 0.5) is 14.5 Å². The molecule has 0 heterocycles. The van der Waals surface area contributed by atoms with Crippen LogP contribution < -0.4 is 20.5 Å². The van der Waals surface area contributed by atoms with Crippen molar-refractivity contribution in [1.82, 2.24) is 0 Å². The first-order valence-corrected chi connectivity index (χ1v) is 6.54. The van der Waals surface area contributed by atoms with E-state index in [9.17, 15) is 8.78 Å². The van der Waals surface area contributed by atoms with E-state index in [1.54, 1.807) is 12.1 Å². The lowest BCUT2D eigenvalue weighted by atomic mass is 9.96. The van der Waals surface area contributed by atoms with E-state index in [-0.39, 0.29) is 11.5 Å². The molecule has 1 aromatic carbocycles. The highest BCUT2D eigenvalue weighted by molar-refractivity contribution is 5.54. The monoisotopic (exact) mass is 288 g/mol. The number of halogens is 2. The minimum absolute atomic E-state index is 0.0151. The lowest BCUT2D eigenvalue weighted by Gasteiger charge is -2.20. The van der Waals surface area contributed by atoms with Gasteiger partial charge in [-0.25, -0.2) is 0 Å². The van der Waals surface area contributed by atoms with Crippen molar-refractivity contribution >= 4 is 5.69 Å². The molecule has 0 saturated heterocycles. The summed E-state index contributed by atoms with van der Waals surface area (Å²) >= 11 is 0. The van der Waals surface area contributed by atoms with E-state index in [1.807, 2.05) is 0 Å². The molecule has 0 amide bonds. The first kappa shape index (κ1) is 16.5. The third kappa shape index (κ3) is 4.85. The quantitative estimate of drug-likeness (QED) is 0.772. The molecule has 114 valence electrons. The Labute approximate surface area is 118 Å². The van der Waals surface area contributed by atoms with Crippen LogP contribution in [0.1, 0.15) is 13.8 Å². The zero-order chi connectivity index (χ0) is 15.1. The van der Waals surface area contributed by atoms with Gasteiger partial charge in [-0.15, -0.1) is 0 Å². The van der Waals surface area contributed by atoms with Crippen molar-refractivity contribution in [1.29, 1.82) is 0 Å². The molecule has 6 heteroatoms. The Bertz CT molecular complexity index is 414. The molecule has 20 heavy (non-hydrogen) atoms. The van der Waals surface area contributed by atoms with Crippen molar-refractivity contribution in [3.63, 3.8) is 0 Å². The lowest BCUT2D eigenvalue weighted by Crippen LogP contribution is -2.27. The number of anilines is 1. The Balaban J connectivity index is 2.76. The van der Waals surface area contributed by atoms with Crippen LogP contribution in [-0.2, 0) is 0 Å². The second-order valence-corrected chi connectivity index (χ2v) is 4.86. The highest BCUT2D eigenvalue weighted by Crippen LogP contribution is 2.31. The van der Waals surface area contributed by atoms with Crippen LogP contribution in [0.15, 0.2) is 18.2 Å². The third-order valence-corrected chi connectivity index (χ3v) is 3.19. The van der Waals surface area contributed by atoms with E-state index >= 15 is 0 Å². The van der Waals surface area contributed by atoms with Crippen molar-refractivity contribution in [3.8, 4) is 11.5 Å². The smallest absolute Gasteiger partial charge is 0.387 e. The SMILES string of the molecule is COc1ccc(NCC(CN)C(C)C)cc1OC(F)F. The van der Waals surface area contributed by atoms with Gasteiger partial charge in [-0.1, -0.05) is 13.8 Å². The second kappa shape index (κ2) is 7.89. The number of rotatable bonds is 8. The van der Waals surface area contributed by atoms with Crippen LogP contribution in [0.25, 0.3) is 0 Å². The molecule has 0 aromatic heterocycles. The molecule has 3 N–H and O–H groups in total. The molecule has 0 saturated carbocycles. The normalized spacial score (nSPS) is 12.6. The molecule has 0 aliphatic rings. The van der Waals surface area contributed by atoms with Crippen molar-refractivity contribution < 1.29 is 18.3 Å². The summed E-state index contributed by atoms with van der Waals surface area (Å²) in [6.07, 6.45) is 0. The van der Waals surface area contributed by atoms with Crippen molar-refractivity contribution in [2.75, 3.05) is 25.5 Å². The Kier molecular flexibility index (Phi) is 6.51. The number of alkyl halides is 2. The Hall–Kier alpha value is -1.56. The van der Waals surface area contributed by atoms with E-state index in [1.165, 1.54) is 13.2 Å². The van der Waals surface area contributed by atoms with Gasteiger partial charge >= 0.3 is 6.61 Å². The molecule has 1 aromatic rings. The average molecular weight is 288 g/mol. The molecule has 1 atom stereocenters. The molecular formula is C14H22F2N2O2. The topological polar surface area (TPSA) is 56.5 Å². The summed E-state index contributed by atoms with van der Waals surface area (Å²) in [6.45, 7) is 2.55. The molecule has 1 rings (SSSR count). The number of methoxy groups -OCH3 is 1. The maximum absolute atomic E-state index is 12.3. The largest absolute Gasteiger partial charge is 0.493 e. The maximum atomic E-state index is 12.3. The molecule has 0 aliphatic carbocycles. The maximum Gasteiger partial charge on any atom is 0.387 e. The predicted octanol–water partition coefficient (Wildman–Crippen LogP) is 2.94. The first-order valence-electron chi connectivity index (χ1n) is 6.54. The molecule has 0 radical (unpaired) electrons. The predicted molar refractivity (Wildman–Crippen MR) is 75.5 cm³/mol. The first-order chi connectivity index (χ1) is 9.47. The Morgan fingerprint density at radius 1 is 1.25 bits per heavy atom. The third-order valence-electron chi connectivity index (χ3n) is 3.19. The number of hydrogen-bond donors (Lipinski definition) is 2. The van der Waals surface area contributed by atoms with Crippen LogP contribution in [0.2, 0.25) is 0 Å². The molecule has 1 unspecified atom stereocenters. The Morgan fingerprint density at radius 2 is 1.95 bits per heavy atom. The number of benzene rings is 1. The number of nitrogens with one attached hydrogen (secondary N) is 1. The molecule has 4 nitrogen and oxygen atoms in total. The zero-order valence-corrected chi connectivity index (χ0v) is 12.0. The van der Waals surface area contributed by atoms with Crippen LogP contribution in [0, 0.1) is 11.8 Å². The summed E-state index contributed by atoms with van der Waals surface area (Å²) in [5.41, 5.74) is 6.39.